The van der Waals surface area contributed by atoms with Crippen molar-refractivity contribution in [2.45, 2.75) is 6.92 Å². The molecule has 1 aromatic carbocycles. The molecule has 2 atom stereocenters. The Kier molecular flexibility index (Phi) is 4.23. The molecule has 1 aliphatic rings. The third-order valence-corrected chi connectivity index (χ3v) is 3.97. The van der Waals surface area contributed by atoms with Gasteiger partial charge in [0.1, 0.15) is 6.07 Å². The number of nitrogens with one attached hydrogen (secondary N) is 1. The van der Waals surface area contributed by atoms with Crippen molar-refractivity contribution in [2.75, 3.05) is 18.1 Å². The maximum atomic E-state index is 12.3. The normalized spacial score (nSPS) is 21.6. The van der Waals surface area contributed by atoms with Crippen molar-refractivity contribution in [3.8, 4) is 6.07 Å². The van der Waals surface area contributed by atoms with Crippen molar-refractivity contribution >= 4 is 28.4 Å². The van der Waals surface area contributed by atoms with Crippen LogP contribution in [-0.2, 0) is 4.79 Å². The summed E-state index contributed by atoms with van der Waals surface area (Å²) < 4.78 is 0. The quantitative estimate of drug-likeness (QED) is 0.900. The molecule has 5 heteroatoms. The SMILES string of the molecule is CSC1=NCC(C)C1C(=O)Nc1ccccc1C#N. The van der Waals surface area contributed by atoms with Gasteiger partial charge in [0.05, 0.1) is 22.2 Å². The second kappa shape index (κ2) is 5.89. The van der Waals surface area contributed by atoms with Gasteiger partial charge in [-0.25, -0.2) is 0 Å². The topological polar surface area (TPSA) is 65.2 Å². The van der Waals surface area contributed by atoms with Gasteiger partial charge in [-0.15, -0.1) is 11.8 Å². The molecule has 0 saturated heterocycles. The van der Waals surface area contributed by atoms with E-state index in [1.807, 2.05) is 13.2 Å². The van der Waals surface area contributed by atoms with Crippen LogP contribution in [0.25, 0.3) is 0 Å². The Bertz CT molecular complexity index is 562. The van der Waals surface area contributed by atoms with E-state index >= 15 is 0 Å². The van der Waals surface area contributed by atoms with Crippen LogP contribution in [0.5, 0.6) is 0 Å². The number of rotatable bonds is 2. The highest BCUT2D eigenvalue weighted by Gasteiger charge is 2.34. The van der Waals surface area contributed by atoms with E-state index in [1.54, 1.807) is 24.3 Å². The first kappa shape index (κ1) is 13.6. The highest BCUT2D eigenvalue weighted by atomic mass is 32.2. The van der Waals surface area contributed by atoms with E-state index < -0.39 is 0 Å². The minimum Gasteiger partial charge on any atom is -0.324 e. The minimum absolute atomic E-state index is 0.0826. The molecule has 1 aliphatic heterocycles. The Labute approximate surface area is 116 Å². The number of para-hydroxylation sites is 1. The molecule has 0 radical (unpaired) electrons. The lowest BCUT2D eigenvalue weighted by Crippen LogP contribution is -2.30. The first-order valence-electron chi connectivity index (χ1n) is 6.05. The average Bonchev–Trinajstić information content (AvgIpc) is 2.80. The van der Waals surface area contributed by atoms with Gasteiger partial charge in [-0.05, 0) is 24.3 Å². The number of nitriles is 1. The van der Waals surface area contributed by atoms with E-state index in [9.17, 15) is 4.79 Å². The second-order valence-corrected chi connectivity index (χ2v) is 5.31. The number of hydrogen-bond donors (Lipinski definition) is 1. The van der Waals surface area contributed by atoms with Crippen LogP contribution in [0.4, 0.5) is 5.69 Å². The van der Waals surface area contributed by atoms with E-state index in [4.69, 9.17) is 5.26 Å². The molecule has 0 bridgehead atoms. The summed E-state index contributed by atoms with van der Waals surface area (Å²) in [7, 11) is 0. The van der Waals surface area contributed by atoms with Gasteiger partial charge >= 0.3 is 0 Å². The average molecular weight is 273 g/mol. The van der Waals surface area contributed by atoms with Crippen LogP contribution in [0.2, 0.25) is 0 Å². The third kappa shape index (κ3) is 2.79. The van der Waals surface area contributed by atoms with Gasteiger partial charge in [-0.2, -0.15) is 5.26 Å². The van der Waals surface area contributed by atoms with E-state index in [-0.39, 0.29) is 17.7 Å². The van der Waals surface area contributed by atoms with Gasteiger partial charge in [0.25, 0.3) is 0 Å². The van der Waals surface area contributed by atoms with E-state index in [0.717, 1.165) is 5.04 Å². The van der Waals surface area contributed by atoms with Crippen molar-refractivity contribution in [3.05, 3.63) is 29.8 Å². The predicted molar refractivity (Wildman–Crippen MR) is 78.3 cm³/mol. The fourth-order valence-corrected chi connectivity index (χ4v) is 2.94. The molecule has 0 aliphatic carbocycles. The standard InChI is InChI=1S/C14H15N3OS/c1-9-8-16-14(19-2)12(9)13(18)17-11-6-4-3-5-10(11)7-15/h3-6,9,12H,8H2,1-2H3,(H,17,18). The Balaban J connectivity index is 2.18. The van der Waals surface area contributed by atoms with Gasteiger partial charge in [0.15, 0.2) is 0 Å². The largest absolute Gasteiger partial charge is 0.324 e. The second-order valence-electron chi connectivity index (χ2n) is 4.48. The van der Waals surface area contributed by atoms with Crippen LogP contribution in [0.1, 0.15) is 12.5 Å². The Morgan fingerprint density at radius 1 is 1.53 bits per heavy atom. The van der Waals surface area contributed by atoms with Crippen molar-refractivity contribution in [1.29, 1.82) is 5.26 Å². The van der Waals surface area contributed by atoms with Gasteiger partial charge in [-0.1, -0.05) is 19.1 Å². The highest BCUT2D eigenvalue weighted by molar-refractivity contribution is 8.13. The van der Waals surface area contributed by atoms with Crippen LogP contribution in [0.3, 0.4) is 0 Å². The van der Waals surface area contributed by atoms with E-state index in [0.29, 0.717) is 17.8 Å². The van der Waals surface area contributed by atoms with Gasteiger partial charge < -0.3 is 5.32 Å². The molecule has 1 amide bonds. The zero-order chi connectivity index (χ0) is 13.8. The summed E-state index contributed by atoms with van der Waals surface area (Å²) in [4.78, 5) is 16.7. The van der Waals surface area contributed by atoms with Crippen molar-refractivity contribution in [1.82, 2.24) is 0 Å². The number of thioether (sulfide) groups is 1. The number of benzene rings is 1. The zero-order valence-electron chi connectivity index (χ0n) is 10.9. The monoisotopic (exact) mass is 273 g/mol. The number of nitrogens with zero attached hydrogens (tertiary/aromatic N) is 2. The van der Waals surface area contributed by atoms with Crippen LogP contribution in [0.15, 0.2) is 29.3 Å². The summed E-state index contributed by atoms with van der Waals surface area (Å²) in [6.07, 6.45) is 1.93. The van der Waals surface area contributed by atoms with Gasteiger partial charge in [0, 0.05) is 6.54 Å². The molecule has 98 valence electrons. The number of carbonyl (C=O) groups excluding carboxylic acids is 1. The Morgan fingerprint density at radius 3 is 2.95 bits per heavy atom. The molecule has 1 aromatic rings. The lowest BCUT2D eigenvalue weighted by Gasteiger charge is -2.17. The van der Waals surface area contributed by atoms with E-state index in [2.05, 4.69) is 16.4 Å². The zero-order valence-corrected chi connectivity index (χ0v) is 11.7. The number of amides is 1. The van der Waals surface area contributed by atoms with Crippen LogP contribution >= 0.6 is 11.8 Å². The van der Waals surface area contributed by atoms with Crippen molar-refractivity contribution in [2.24, 2.45) is 16.8 Å². The first-order chi connectivity index (χ1) is 9.17. The first-order valence-corrected chi connectivity index (χ1v) is 7.28. The third-order valence-electron chi connectivity index (χ3n) is 3.17. The molecule has 0 spiro atoms. The molecule has 0 fully saturated rings. The van der Waals surface area contributed by atoms with E-state index in [1.165, 1.54) is 11.8 Å². The summed E-state index contributed by atoms with van der Waals surface area (Å²) in [5.74, 6) is -0.0840. The highest BCUT2D eigenvalue weighted by Crippen LogP contribution is 2.28. The number of anilines is 1. The number of carbonyl (C=O) groups is 1. The van der Waals surface area contributed by atoms with Crippen molar-refractivity contribution in [3.63, 3.8) is 0 Å². The number of aliphatic imine (C=N–C) groups is 1. The Hall–Kier alpha value is -1.80. The fraction of sp³-hybridized carbons (Fsp3) is 0.357. The van der Waals surface area contributed by atoms with Gasteiger partial charge in [0.2, 0.25) is 5.91 Å². The maximum absolute atomic E-state index is 12.3. The molecule has 0 saturated carbocycles. The fourth-order valence-electron chi connectivity index (χ4n) is 2.14. The minimum atomic E-state index is -0.207. The molecule has 4 nitrogen and oxygen atoms in total. The molecule has 19 heavy (non-hydrogen) atoms. The number of hydrogen-bond acceptors (Lipinski definition) is 4. The van der Waals surface area contributed by atoms with Crippen LogP contribution in [0, 0.1) is 23.2 Å². The molecule has 0 aromatic heterocycles. The van der Waals surface area contributed by atoms with Crippen LogP contribution in [-0.4, -0.2) is 23.8 Å². The summed E-state index contributed by atoms with van der Waals surface area (Å²) in [5, 5.41) is 12.7. The summed E-state index contributed by atoms with van der Waals surface area (Å²) in [5.41, 5.74) is 1.04. The molecule has 1 N–H and O–H groups in total. The van der Waals surface area contributed by atoms with Crippen molar-refractivity contribution < 1.29 is 4.79 Å². The van der Waals surface area contributed by atoms with Gasteiger partial charge in [-0.3, -0.25) is 9.79 Å². The summed E-state index contributed by atoms with van der Waals surface area (Å²) in [6.45, 7) is 2.71. The molecular formula is C14H15N3OS. The lowest BCUT2D eigenvalue weighted by molar-refractivity contribution is -0.118. The summed E-state index contributed by atoms with van der Waals surface area (Å²) in [6, 6.07) is 9.09. The molecular weight excluding hydrogens is 258 g/mol. The Morgan fingerprint density at radius 2 is 2.26 bits per heavy atom. The maximum Gasteiger partial charge on any atom is 0.234 e. The lowest BCUT2D eigenvalue weighted by atomic mass is 9.96. The summed E-state index contributed by atoms with van der Waals surface area (Å²) >= 11 is 1.52. The molecule has 1 heterocycles. The molecule has 2 rings (SSSR count). The van der Waals surface area contributed by atoms with Crippen LogP contribution < -0.4 is 5.32 Å². The molecule has 2 unspecified atom stereocenters. The smallest absolute Gasteiger partial charge is 0.234 e. The predicted octanol–water partition coefficient (Wildman–Crippen LogP) is 2.52.